The number of para-hydroxylation sites is 1. The van der Waals surface area contributed by atoms with Crippen LogP contribution < -0.4 is 10.0 Å². The molecule has 0 radical (unpaired) electrons. The lowest BCUT2D eigenvalue weighted by Gasteiger charge is -2.20. The number of nitrogens with one attached hydrogen (secondary N) is 2. The van der Waals surface area contributed by atoms with Gasteiger partial charge < -0.3 is 5.32 Å². The maximum Gasteiger partial charge on any atom is 0.418 e. The monoisotopic (exact) mass is 400 g/mol. The van der Waals surface area contributed by atoms with Gasteiger partial charge in [-0.05, 0) is 57.2 Å². The van der Waals surface area contributed by atoms with Crippen molar-refractivity contribution in [2.45, 2.75) is 31.7 Å². The summed E-state index contributed by atoms with van der Waals surface area (Å²) in [7, 11) is -3.63. The van der Waals surface area contributed by atoms with E-state index in [0.29, 0.717) is 0 Å². The number of rotatable bonds is 4. The minimum absolute atomic E-state index is 0.0886. The third-order valence-corrected chi connectivity index (χ3v) is 5.80. The van der Waals surface area contributed by atoms with Gasteiger partial charge >= 0.3 is 6.18 Å². The molecule has 0 saturated heterocycles. The van der Waals surface area contributed by atoms with Crippen LogP contribution in [0.1, 0.15) is 36.7 Å². The maximum absolute atomic E-state index is 13.0. The Morgan fingerprint density at radius 2 is 1.48 bits per heavy atom. The Morgan fingerprint density at radius 1 is 0.926 bits per heavy atom. The molecule has 2 rings (SSSR count). The van der Waals surface area contributed by atoms with Crippen molar-refractivity contribution in [1.29, 1.82) is 0 Å². The summed E-state index contributed by atoms with van der Waals surface area (Å²) in [6, 6.07) is 10.0. The molecule has 2 N–H and O–H groups in total. The quantitative estimate of drug-likeness (QED) is 0.794. The van der Waals surface area contributed by atoms with Gasteiger partial charge in [0.2, 0.25) is 10.0 Å². The molecule has 2 aromatic carbocycles. The van der Waals surface area contributed by atoms with Crippen molar-refractivity contribution in [3.8, 4) is 0 Å². The van der Waals surface area contributed by atoms with E-state index >= 15 is 0 Å². The molecule has 146 valence electrons. The third kappa shape index (κ3) is 5.00. The number of amides is 1. The van der Waals surface area contributed by atoms with E-state index in [9.17, 15) is 26.4 Å². The second kappa shape index (κ2) is 7.22. The van der Waals surface area contributed by atoms with Crippen LogP contribution in [0.4, 0.5) is 24.5 Å². The molecule has 0 fully saturated rings. The molecule has 0 aliphatic rings. The van der Waals surface area contributed by atoms with Crippen molar-refractivity contribution in [3.05, 3.63) is 59.7 Å². The van der Waals surface area contributed by atoms with Crippen LogP contribution in [-0.2, 0) is 16.2 Å². The van der Waals surface area contributed by atoms with Crippen LogP contribution >= 0.6 is 0 Å². The van der Waals surface area contributed by atoms with Gasteiger partial charge in [0, 0.05) is 11.3 Å². The van der Waals surface area contributed by atoms with Crippen molar-refractivity contribution in [2.75, 3.05) is 10.0 Å². The smallest absolute Gasteiger partial charge is 0.321 e. The van der Waals surface area contributed by atoms with E-state index in [0.717, 1.165) is 12.1 Å². The van der Waals surface area contributed by atoms with Crippen LogP contribution in [0, 0.1) is 0 Å². The van der Waals surface area contributed by atoms with Gasteiger partial charge in [-0.2, -0.15) is 13.2 Å². The number of carbonyl (C=O) groups is 1. The molecule has 5 nitrogen and oxygen atoms in total. The van der Waals surface area contributed by atoms with Gasteiger partial charge in [0.25, 0.3) is 5.91 Å². The Bertz CT molecular complexity index is 932. The van der Waals surface area contributed by atoms with Gasteiger partial charge in [-0.1, -0.05) is 12.1 Å². The Kier molecular flexibility index (Phi) is 5.55. The summed E-state index contributed by atoms with van der Waals surface area (Å²) in [5.74, 6) is -0.739. The molecule has 0 aliphatic carbocycles. The molecule has 2 aromatic rings. The molecule has 0 unspecified atom stereocenters. The number of hydrogen-bond donors (Lipinski definition) is 2. The number of alkyl halides is 3. The number of carbonyl (C=O) groups excluding carboxylic acids is 1. The predicted molar refractivity (Wildman–Crippen MR) is 98.1 cm³/mol. The molecule has 9 heteroatoms. The second-order valence-corrected chi connectivity index (χ2v) is 9.23. The van der Waals surface area contributed by atoms with Crippen LogP contribution in [0.15, 0.2) is 48.5 Å². The van der Waals surface area contributed by atoms with E-state index in [1.807, 2.05) is 0 Å². The zero-order valence-corrected chi connectivity index (χ0v) is 15.7. The van der Waals surface area contributed by atoms with Gasteiger partial charge in [-0.15, -0.1) is 0 Å². The van der Waals surface area contributed by atoms with E-state index in [1.54, 1.807) is 0 Å². The van der Waals surface area contributed by atoms with Crippen LogP contribution in [-0.4, -0.2) is 19.1 Å². The molecule has 0 aromatic heterocycles. The summed E-state index contributed by atoms with van der Waals surface area (Å²) < 4.78 is 64.6. The van der Waals surface area contributed by atoms with Crippen LogP contribution in [0.3, 0.4) is 0 Å². The van der Waals surface area contributed by atoms with Gasteiger partial charge in [0.1, 0.15) is 0 Å². The first-order valence-electron chi connectivity index (χ1n) is 7.91. The molecule has 0 saturated carbocycles. The molecular formula is C18H19F3N2O3S. The lowest BCUT2D eigenvalue weighted by molar-refractivity contribution is -0.136. The molecule has 0 aliphatic heterocycles. The highest BCUT2D eigenvalue weighted by Crippen LogP contribution is 2.34. The number of hydrogen-bond acceptors (Lipinski definition) is 3. The van der Waals surface area contributed by atoms with E-state index in [-0.39, 0.29) is 16.9 Å². The largest absolute Gasteiger partial charge is 0.418 e. The van der Waals surface area contributed by atoms with Gasteiger partial charge in [0.05, 0.1) is 16.0 Å². The van der Waals surface area contributed by atoms with Crippen LogP contribution in [0.5, 0.6) is 0 Å². The van der Waals surface area contributed by atoms with Crippen LogP contribution in [0.2, 0.25) is 0 Å². The highest BCUT2D eigenvalue weighted by molar-refractivity contribution is 7.94. The summed E-state index contributed by atoms with van der Waals surface area (Å²) >= 11 is 0. The fourth-order valence-electron chi connectivity index (χ4n) is 2.03. The average Bonchev–Trinajstić information content (AvgIpc) is 2.53. The minimum Gasteiger partial charge on any atom is -0.321 e. The molecule has 1 amide bonds. The average molecular weight is 400 g/mol. The first kappa shape index (κ1) is 20.8. The van der Waals surface area contributed by atoms with Gasteiger partial charge in [0.15, 0.2) is 0 Å². The number of benzene rings is 2. The Balaban J connectivity index is 2.18. The molecule has 0 bridgehead atoms. The highest BCUT2D eigenvalue weighted by Gasteiger charge is 2.33. The van der Waals surface area contributed by atoms with Gasteiger partial charge in [-0.25, -0.2) is 8.42 Å². The van der Waals surface area contributed by atoms with Crippen molar-refractivity contribution in [2.24, 2.45) is 0 Å². The van der Waals surface area contributed by atoms with Crippen LogP contribution in [0.25, 0.3) is 0 Å². The Hall–Kier alpha value is -2.55. The first-order chi connectivity index (χ1) is 12.3. The van der Waals surface area contributed by atoms with Crippen molar-refractivity contribution >= 4 is 27.3 Å². The highest BCUT2D eigenvalue weighted by atomic mass is 32.2. The van der Waals surface area contributed by atoms with Gasteiger partial charge in [-0.3, -0.25) is 9.52 Å². The molecular weight excluding hydrogens is 381 g/mol. The van der Waals surface area contributed by atoms with Crippen molar-refractivity contribution in [3.63, 3.8) is 0 Å². The second-order valence-electron chi connectivity index (χ2n) is 6.79. The summed E-state index contributed by atoms with van der Waals surface area (Å²) in [6.45, 7) is 4.61. The summed E-state index contributed by atoms with van der Waals surface area (Å²) in [5, 5.41) is 2.23. The number of anilines is 2. The first-order valence-corrected chi connectivity index (χ1v) is 9.39. The number of sulfonamides is 1. The minimum atomic E-state index is -4.60. The predicted octanol–water partition coefficient (Wildman–Crippen LogP) is 4.50. The topological polar surface area (TPSA) is 75.3 Å². The zero-order valence-electron chi connectivity index (χ0n) is 14.9. The molecule has 27 heavy (non-hydrogen) atoms. The SMILES string of the molecule is CC(C)(C)S(=O)(=O)Nc1ccc(C(=O)Nc2ccccc2C(F)(F)F)cc1. The third-order valence-electron chi connectivity index (χ3n) is 3.69. The maximum atomic E-state index is 13.0. The lowest BCUT2D eigenvalue weighted by atomic mass is 10.1. The standard InChI is InChI=1S/C18H19F3N2O3S/c1-17(2,3)27(25,26)23-13-10-8-12(9-11-13)16(24)22-15-7-5-4-6-14(15)18(19,20)21/h4-11,23H,1-3H3,(H,22,24). The van der Waals surface area contributed by atoms with E-state index < -0.39 is 32.4 Å². The summed E-state index contributed by atoms with van der Waals surface area (Å²) in [5.41, 5.74) is -0.969. The Labute approximate surface area is 155 Å². The molecule has 0 heterocycles. The number of halogens is 3. The lowest BCUT2D eigenvalue weighted by Crippen LogP contribution is -2.33. The fraction of sp³-hybridized carbons (Fsp3) is 0.278. The Morgan fingerprint density at radius 3 is 2.00 bits per heavy atom. The van der Waals surface area contributed by atoms with E-state index in [1.165, 1.54) is 57.2 Å². The summed E-state index contributed by atoms with van der Waals surface area (Å²) in [4.78, 5) is 12.2. The van der Waals surface area contributed by atoms with Crippen molar-refractivity contribution < 1.29 is 26.4 Å². The van der Waals surface area contributed by atoms with E-state index in [4.69, 9.17) is 0 Å². The fourth-order valence-corrected chi connectivity index (χ4v) is 2.78. The van der Waals surface area contributed by atoms with Crippen molar-refractivity contribution in [1.82, 2.24) is 0 Å². The van der Waals surface area contributed by atoms with E-state index in [2.05, 4.69) is 10.0 Å². The molecule has 0 spiro atoms. The zero-order chi connectivity index (χ0) is 20.5. The molecule has 0 atom stereocenters. The normalized spacial score (nSPS) is 12.5. The summed E-state index contributed by atoms with van der Waals surface area (Å²) in [6.07, 6.45) is -4.60.